The molecule has 3 nitrogen and oxygen atoms in total. The topological polar surface area (TPSA) is 56.9 Å². The fraction of sp³-hybridized carbons (Fsp3) is 0.400. The summed E-state index contributed by atoms with van der Waals surface area (Å²) in [5.74, 6) is 0.0289. The van der Waals surface area contributed by atoms with E-state index in [-0.39, 0.29) is 12.5 Å². The summed E-state index contributed by atoms with van der Waals surface area (Å²) in [7, 11) is 0. The molecule has 0 saturated heterocycles. The van der Waals surface area contributed by atoms with E-state index in [1.54, 1.807) is 12.1 Å². The van der Waals surface area contributed by atoms with Gasteiger partial charge in [-0.1, -0.05) is 11.6 Å². The molecule has 72 valence electrons. The van der Waals surface area contributed by atoms with Crippen LogP contribution in [0.3, 0.4) is 0 Å². The van der Waals surface area contributed by atoms with Crippen molar-refractivity contribution in [3.8, 4) is 6.07 Å². The summed E-state index contributed by atoms with van der Waals surface area (Å²) >= 11 is 5.70. The van der Waals surface area contributed by atoms with Crippen LogP contribution in [0.15, 0.2) is 18.3 Å². The van der Waals surface area contributed by atoms with Crippen LogP contribution >= 0.6 is 11.6 Å². The molecule has 0 aromatic carbocycles. The van der Waals surface area contributed by atoms with Crippen LogP contribution in [-0.2, 0) is 5.41 Å². The number of nitrogens with zero attached hydrogens (tertiary/aromatic N) is 2. The molecule has 2 atom stereocenters. The predicted molar refractivity (Wildman–Crippen MR) is 51.7 cm³/mol. The van der Waals surface area contributed by atoms with Gasteiger partial charge < -0.3 is 5.11 Å². The molecule has 1 heterocycles. The first-order valence-electron chi connectivity index (χ1n) is 4.37. The highest BCUT2D eigenvalue weighted by atomic mass is 35.5. The number of pyridine rings is 1. The van der Waals surface area contributed by atoms with Gasteiger partial charge in [0.1, 0.15) is 5.41 Å². The maximum Gasteiger partial charge on any atom is 0.105 e. The molecule has 0 bridgehead atoms. The maximum atomic E-state index is 9.05. The van der Waals surface area contributed by atoms with Gasteiger partial charge in [-0.2, -0.15) is 5.26 Å². The van der Waals surface area contributed by atoms with Crippen LogP contribution in [0.2, 0.25) is 5.02 Å². The van der Waals surface area contributed by atoms with Gasteiger partial charge in [0.05, 0.1) is 16.8 Å². The van der Waals surface area contributed by atoms with Crippen LogP contribution in [0.5, 0.6) is 0 Å². The van der Waals surface area contributed by atoms with Gasteiger partial charge >= 0.3 is 0 Å². The van der Waals surface area contributed by atoms with Gasteiger partial charge in [0, 0.05) is 18.7 Å². The zero-order valence-electron chi connectivity index (χ0n) is 7.44. The van der Waals surface area contributed by atoms with Crippen molar-refractivity contribution in [3.63, 3.8) is 0 Å². The number of hydrogen-bond donors (Lipinski definition) is 1. The van der Waals surface area contributed by atoms with Gasteiger partial charge in [-0.3, -0.25) is 4.98 Å². The molecule has 1 aliphatic rings. The molecule has 1 aliphatic carbocycles. The molecule has 0 spiro atoms. The van der Waals surface area contributed by atoms with E-state index in [4.69, 9.17) is 22.0 Å². The highest BCUT2D eigenvalue weighted by Gasteiger charge is 2.56. The van der Waals surface area contributed by atoms with E-state index in [2.05, 4.69) is 11.1 Å². The van der Waals surface area contributed by atoms with E-state index in [1.165, 1.54) is 6.20 Å². The zero-order chi connectivity index (χ0) is 10.2. The predicted octanol–water partition coefficient (Wildman–Crippen LogP) is 1.51. The van der Waals surface area contributed by atoms with Gasteiger partial charge in [-0.05, 0) is 18.6 Å². The molecule has 0 amide bonds. The number of aromatic nitrogens is 1. The van der Waals surface area contributed by atoms with Crippen molar-refractivity contribution < 1.29 is 5.11 Å². The molecular weight excluding hydrogens is 200 g/mol. The molecule has 0 radical (unpaired) electrons. The maximum absolute atomic E-state index is 9.05. The van der Waals surface area contributed by atoms with E-state index in [0.717, 1.165) is 0 Å². The van der Waals surface area contributed by atoms with Crippen LogP contribution in [0.25, 0.3) is 0 Å². The Kier molecular flexibility index (Phi) is 2.18. The highest BCUT2D eigenvalue weighted by molar-refractivity contribution is 6.30. The number of hydrogen-bond acceptors (Lipinski definition) is 3. The van der Waals surface area contributed by atoms with Crippen molar-refractivity contribution in [3.05, 3.63) is 29.0 Å². The molecule has 2 rings (SSSR count). The summed E-state index contributed by atoms with van der Waals surface area (Å²) < 4.78 is 0. The van der Waals surface area contributed by atoms with Crippen molar-refractivity contribution >= 4 is 11.6 Å². The Morgan fingerprint density at radius 3 is 2.93 bits per heavy atom. The zero-order valence-corrected chi connectivity index (χ0v) is 8.20. The summed E-state index contributed by atoms with van der Waals surface area (Å²) in [6, 6.07) is 5.69. The van der Waals surface area contributed by atoms with Crippen molar-refractivity contribution in [1.82, 2.24) is 4.98 Å². The summed E-state index contributed by atoms with van der Waals surface area (Å²) in [5, 5.41) is 18.6. The van der Waals surface area contributed by atoms with Gasteiger partial charge in [0.25, 0.3) is 0 Å². The normalized spacial score (nSPS) is 29.6. The molecule has 14 heavy (non-hydrogen) atoms. The summed E-state index contributed by atoms with van der Waals surface area (Å²) in [6.07, 6.45) is 2.22. The second kappa shape index (κ2) is 3.23. The van der Waals surface area contributed by atoms with Gasteiger partial charge in [-0.15, -0.1) is 0 Å². The molecule has 1 fully saturated rings. The Bertz CT molecular complexity index is 384. The van der Waals surface area contributed by atoms with Gasteiger partial charge in [0.2, 0.25) is 0 Å². The lowest BCUT2D eigenvalue weighted by Gasteiger charge is -2.06. The fourth-order valence-electron chi connectivity index (χ4n) is 1.70. The van der Waals surface area contributed by atoms with Crippen molar-refractivity contribution in [1.29, 1.82) is 5.26 Å². The minimum absolute atomic E-state index is 0.0289. The summed E-state index contributed by atoms with van der Waals surface area (Å²) in [5.41, 5.74) is 0.141. The first-order valence-corrected chi connectivity index (χ1v) is 4.75. The molecule has 0 aliphatic heterocycles. The van der Waals surface area contributed by atoms with E-state index in [0.29, 0.717) is 17.1 Å². The highest BCUT2D eigenvalue weighted by Crippen LogP contribution is 2.52. The van der Waals surface area contributed by atoms with E-state index < -0.39 is 5.41 Å². The summed E-state index contributed by atoms with van der Waals surface area (Å²) in [6.45, 7) is 0.0396. The van der Waals surface area contributed by atoms with Crippen LogP contribution in [0.4, 0.5) is 0 Å². The first kappa shape index (κ1) is 9.45. The fourth-order valence-corrected chi connectivity index (χ4v) is 1.81. The Labute approximate surface area is 87.0 Å². The van der Waals surface area contributed by atoms with Crippen molar-refractivity contribution in [2.75, 3.05) is 6.61 Å². The molecule has 1 N–H and O–H groups in total. The lowest BCUT2D eigenvalue weighted by molar-refractivity contribution is 0.269. The molecular formula is C10H9ClN2O. The van der Waals surface area contributed by atoms with Crippen LogP contribution in [0, 0.1) is 17.2 Å². The molecule has 1 saturated carbocycles. The average molecular weight is 209 g/mol. The number of aliphatic hydroxyl groups excluding tert-OH is 1. The van der Waals surface area contributed by atoms with Crippen molar-refractivity contribution in [2.45, 2.75) is 11.8 Å². The van der Waals surface area contributed by atoms with E-state index in [1.807, 2.05) is 0 Å². The van der Waals surface area contributed by atoms with E-state index in [9.17, 15) is 0 Å². The summed E-state index contributed by atoms with van der Waals surface area (Å²) in [4.78, 5) is 4.12. The lowest BCUT2D eigenvalue weighted by Crippen LogP contribution is -2.10. The SMILES string of the molecule is N#CC1(c2ccc(Cl)cn2)CC1CO. The molecule has 4 heteroatoms. The molecule has 1 aromatic rings. The van der Waals surface area contributed by atoms with Gasteiger partial charge in [0.15, 0.2) is 0 Å². The third-order valence-corrected chi connectivity index (χ3v) is 2.93. The Balaban J connectivity index is 2.32. The van der Waals surface area contributed by atoms with E-state index >= 15 is 0 Å². The smallest absolute Gasteiger partial charge is 0.105 e. The third-order valence-electron chi connectivity index (χ3n) is 2.71. The minimum atomic E-state index is -0.570. The standard InChI is InChI=1S/C10H9ClN2O/c11-8-1-2-9(13-4-8)10(6-12)3-7(10)5-14/h1-2,4,7,14H,3,5H2. The number of halogens is 1. The van der Waals surface area contributed by atoms with Crippen LogP contribution in [0.1, 0.15) is 12.1 Å². The lowest BCUT2D eigenvalue weighted by atomic mass is 10.0. The van der Waals surface area contributed by atoms with Gasteiger partial charge in [-0.25, -0.2) is 0 Å². The van der Waals surface area contributed by atoms with Crippen molar-refractivity contribution in [2.24, 2.45) is 5.92 Å². The Morgan fingerprint density at radius 1 is 1.71 bits per heavy atom. The van der Waals surface area contributed by atoms with Crippen LogP contribution < -0.4 is 0 Å². The number of aliphatic hydroxyl groups is 1. The quantitative estimate of drug-likeness (QED) is 0.802. The second-order valence-electron chi connectivity index (χ2n) is 3.53. The number of rotatable bonds is 2. The first-order chi connectivity index (χ1) is 6.73. The largest absolute Gasteiger partial charge is 0.396 e. The minimum Gasteiger partial charge on any atom is -0.396 e. The van der Waals surface area contributed by atoms with Crippen LogP contribution in [-0.4, -0.2) is 16.7 Å². The monoisotopic (exact) mass is 208 g/mol. The number of nitriles is 1. The Morgan fingerprint density at radius 2 is 2.50 bits per heavy atom. The average Bonchev–Trinajstić information content (AvgIpc) is 2.94. The molecule has 1 aromatic heterocycles. The third kappa shape index (κ3) is 1.28. The Hall–Kier alpha value is -1.11. The molecule has 2 unspecified atom stereocenters. The second-order valence-corrected chi connectivity index (χ2v) is 3.96.